The van der Waals surface area contributed by atoms with Gasteiger partial charge in [-0.2, -0.15) is 0 Å². The Balaban J connectivity index is 1.79. The van der Waals surface area contributed by atoms with Crippen LogP contribution >= 0.6 is 11.8 Å². The van der Waals surface area contributed by atoms with Crippen LogP contribution in [0.1, 0.15) is 5.69 Å². The fourth-order valence-corrected chi connectivity index (χ4v) is 3.27. The van der Waals surface area contributed by atoms with Crippen molar-refractivity contribution >= 4 is 23.4 Å². The minimum Gasteiger partial charge on any atom is -0.319 e. The molecule has 1 aromatic heterocycles. The predicted molar refractivity (Wildman–Crippen MR) is 102 cm³/mol. The van der Waals surface area contributed by atoms with Gasteiger partial charge in [0, 0.05) is 11.9 Å². The van der Waals surface area contributed by atoms with Crippen molar-refractivity contribution in [2.24, 2.45) is 7.05 Å². The zero-order valence-electron chi connectivity index (χ0n) is 14.1. The van der Waals surface area contributed by atoms with Gasteiger partial charge in [-0.3, -0.25) is 14.3 Å². The largest absolute Gasteiger partial charge is 0.319 e. The SMILES string of the molecule is Cc1c(NC(=O)CSc2ccccc2)c(=O)n(-c2ccccc2)n1C. The number of amides is 1. The number of nitrogens with one attached hydrogen (secondary N) is 1. The number of benzene rings is 2. The molecule has 0 atom stereocenters. The Morgan fingerprint density at radius 2 is 1.64 bits per heavy atom. The van der Waals surface area contributed by atoms with E-state index in [2.05, 4.69) is 5.32 Å². The third-order valence-electron chi connectivity index (χ3n) is 3.93. The van der Waals surface area contributed by atoms with Crippen LogP contribution in [0, 0.1) is 6.92 Å². The van der Waals surface area contributed by atoms with Crippen molar-refractivity contribution in [1.82, 2.24) is 9.36 Å². The van der Waals surface area contributed by atoms with E-state index in [9.17, 15) is 9.59 Å². The number of aromatic nitrogens is 2. The Labute approximate surface area is 150 Å². The van der Waals surface area contributed by atoms with Crippen LogP contribution in [0.5, 0.6) is 0 Å². The molecule has 0 aliphatic rings. The van der Waals surface area contributed by atoms with Gasteiger partial charge in [-0.05, 0) is 31.2 Å². The van der Waals surface area contributed by atoms with E-state index in [1.54, 1.807) is 16.4 Å². The van der Waals surface area contributed by atoms with Crippen LogP contribution in [0.3, 0.4) is 0 Å². The molecule has 1 amide bonds. The minimum atomic E-state index is -0.232. The first-order valence-electron chi connectivity index (χ1n) is 7.89. The molecule has 128 valence electrons. The lowest BCUT2D eigenvalue weighted by molar-refractivity contribution is -0.113. The molecule has 0 saturated heterocycles. The number of anilines is 1. The molecule has 0 radical (unpaired) electrons. The Morgan fingerprint density at radius 1 is 1.04 bits per heavy atom. The minimum absolute atomic E-state index is 0.195. The highest BCUT2D eigenvalue weighted by atomic mass is 32.2. The van der Waals surface area contributed by atoms with Gasteiger partial charge in [0.1, 0.15) is 5.69 Å². The molecule has 1 N–H and O–H groups in total. The summed E-state index contributed by atoms with van der Waals surface area (Å²) in [6.07, 6.45) is 0. The van der Waals surface area contributed by atoms with Crippen LogP contribution in [-0.2, 0) is 11.8 Å². The van der Waals surface area contributed by atoms with E-state index in [0.717, 1.165) is 10.6 Å². The van der Waals surface area contributed by atoms with Crippen molar-refractivity contribution in [2.75, 3.05) is 11.1 Å². The van der Waals surface area contributed by atoms with E-state index in [1.165, 1.54) is 11.8 Å². The maximum absolute atomic E-state index is 12.7. The molecule has 5 nitrogen and oxygen atoms in total. The fourth-order valence-electron chi connectivity index (χ4n) is 2.55. The predicted octanol–water partition coefficient (Wildman–Crippen LogP) is 3.22. The van der Waals surface area contributed by atoms with Crippen molar-refractivity contribution in [2.45, 2.75) is 11.8 Å². The Kier molecular flexibility index (Phi) is 5.09. The van der Waals surface area contributed by atoms with E-state index >= 15 is 0 Å². The number of hydrogen-bond acceptors (Lipinski definition) is 3. The highest BCUT2D eigenvalue weighted by molar-refractivity contribution is 8.00. The molecule has 0 fully saturated rings. The highest BCUT2D eigenvalue weighted by Crippen LogP contribution is 2.18. The van der Waals surface area contributed by atoms with Crippen LogP contribution in [0.25, 0.3) is 5.69 Å². The monoisotopic (exact) mass is 353 g/mol. The summed E-state index contributed by atoms with van der Waals surface area (Å²) in [4.78, 5) is 26.0. The van der Waals surface area contributed by atoms with Gasteiger partial charge in [-0.25, -0.2) is 4.68 Å². The van der Waals surface area contributed by atoms with E-state index in [-0.39, 0.29) is 17.2 Å². The number of carbonyl (C=O) groups excluding carboxylic acids is 1. The summed E-state index contributed by atoms with van der Waals surface area (Å²) in [7, 11) is 1.80. The maximum Gasteiger partial charge on any atom is 0.295 e. The molecule has 6 heteroatoms. The average Bonchev–Trinajstić information content (AvgIpc) is 2.85. The van der Waals surface area contributed by atoms with Gasteiger partial charge in [0.25, 0.3) is 5.56 Å². The van der Waals surface area contributed by atoms with Crippen LogP contribution in [0.15, 0.2) is 70.4 Å². The lowest BCUT2D eigenvalue weighted by Gasteiger charge is -2.07. The van der Waals surface area contributed by atoms with Crippen molar-refractivity contribution in [1.29, 1.82) is 0 Å². The normalized spacial score (nSPS) is 10.6. The van der Waals surface area contributed by atoms with Crippen molar-refractivity contribution < 1.29 is 4.79 Å². The number of nitrogens with zero attached hydrogens (tertiary/aromatic N) is 2. The van der Waals surface area contributed by atoms with Gasteiger partial charge in [-0.15, -0.1) is 11.8 Å². The highest BCUT2D eigenvalue weighted by Gasteiger charge is 2.18. The summed E-state index contributed by atoms with van der Waals surface area (Å²) >= 11 is 1.44. The van der Waals surface area contributed by atoms with E-state index < -0.39 is 0 Å². The first kappa shape index (κ1) is 17.1. The zero-order valence-corrected chi connectivity index (χ0v) is 14.9. The smallest absolute Gasteiger partial charge is 0.295 e. The van der Waals surface area contributed by atoms with Gasteiger partial charge >= 0.3 is 0 Å². The maximum atomic E-state index is 12.7. The number of rotatable bonds is 5. The second kappa shape index (κ2) is 7.44. The second-order valence-corrected chi connectivity index (χ2v) is 6.64. The third-order valence-corrected chi connectivity index (χ3v) is 4.94. The average molecular weight is 353 g/mol. The van der Waals surface area contributed by atoms with Gasteiger partial charge in [0.15, 0.2) is 0 Å². The van der Waals surface area contributed by atoms with E-state index in [1.807, 2.05) is 67.6 Å². The lowest BCUT2D eigenvalue weighted by Crippen LogP contribution is -2.23. The molecule has 0 spiro atoms. The number of thioether (sulfide) groups is 1. The summed E-state index contributed by atoms with van der Waals surface area (Å²) in [5.41, 5.74) is 1.57. The molecule has 1 heterocycles. The van der Waals surface area contributed by atoms with Crippen LogP contribution in [0.4, 0.5) is 5.69 Å². The van der Waals surface area contributed by atoms with Crippen LogP contribution in [0.2, 0.25) is 0 Å². The van der Waals surface area contributed by atoms with Gasteiger partial charge in [-0.1, -0.05) is 36.4 Å². The number of hydrogen-bond donors (Lipinski definition) is 1. The Bertz CT molecular complexity index is 931. The Morgan fingerprint density at radius 3 is 2.28 bits per heavy atom. The van der Waals surface area contributed by atoms with Crippen LogP contribution < -0.4 is 10.9 Å². The lowest BCUT2D eigenvalue weighted by atomic mass is 10.3. The summed E-state index contributed by atoms with van der Waals surface area (Å²) in [5, 5.41) is 2.77. The molecule has 0 aliphatic carbocycles. The van der Waals surface area contributed by atoms with Crippen molar-refractivity contribution in [3.05, 3.63) is 76.7 Å². The third kappa shape index (κ3) is 3.69. The molecule has 25 heavy (non-hydrogen) atoms. The molecule has 0 unspecified atom stereocenters. The molecule has 2 aromatic carbocycles. The summed E-state index contributed by atoms with van der Waals surface area (Å²) in [5.74, 6) is 0.0585. The number of para-hydroxylation sites is 1. The molecular formula is C19H19N3O2S. The van der Waals surface area contributed by atoms with Crippen molar-refractivity contribution in [3.63, 3.8) is 0 Å². The van der Waals surface area contributed by atoms with Crippen LogP contribution in [-0.4, -0.2) is 21.0 Å². The van der Waals surface area contributed by atoms with Gasteiger partial charge in [0.05, 0.1) is 17.1 Å². The quantitative estimate of drug-likeness (QED) is 0.717. The fraction of sp³-hybridized carbons (Fsp3) is 0.158. The summed E-state index contributed by atoms with van der Waals surface area (Å²) in [6.45, 7) is 1.82. The molecule has 0 saturated carbocycles. The second-order valence-electron chi connectivity index (χ2n) is 5.59. The molecule has 0 bridgehead atoms. The molecule has 0 aliphatic heterocycles. The summed E-state index contributed by atoms with van der Waals surface area (Å²) < 4.78 is 3.30. The first-order chi connectivity index (χ1) is 12.1. The van der Waals surface area contributed by atoms with E-state index in [4.69, 9.17) is 0 Å². The zero-order chi connectivity index (χ0) is 17.8. The number of carbonyl (C=O) groups is 1. The molecular weight excluding hydrogens is 334 g/mol. The first-order valence-corrected chi connectivity index (χ1v) is 8.88. The Hall–Kier alpha value is -2.73. The van der Waals surface area contributed by atoms with Gasteiger partial charge < -0.3 is 5.32 Å². The standard InChI is InChI=1S/C19H19N3O2S/c1-14-18(20-17(23)13-25-16-11-7-4-8-12-16)19(24)22(21(14)2)15-9-5-3-6-10-15/h3-12H,13H2,1-2H3,(H,20,23). The topological polar surface area (TPSA) is 56.0 Å². The molecule has 3 rings (SSSR count). The molecule has 3 aromatic rings. The van der Waals surface area contributed by atoms with E-state index in [0.29, 0.717) is 11.4 Å². The van der Waals surface area contributed by atoms with Crippen molar-refractivity contribution in [3.8, 4) is 5.69 Å². The summed E-state index contributed by atoms with van der Waals surface area (Å²) in [6, 6.07) is 19.1. The van der Waals surface area contributed by atoms with Gasteiger partial charge in [0.2, 0.25) is 5.91 Å².